The second kappa shape index (κ2) is 6.08. The first-order chi connectivity index (χ1) is 12.1. The van der Waals surface area contributed by atoms with Crippen LogP contribution in [0.15, 0.2) is 24.3 Å². The first kappa shape index (κ1) is 16.0. The van der Waals surface area contributed by atoms with Crippen LogP contribution < -0.4 is 14.8 Å². The van der Waals surface area contributed by atoms with Gasteiger partial charge in [-0.05, 0) is 12.1 Å². The molecule has 2 heterocycles. The molecule has 0 aliphatic rings. The monoisotopic (exact) mass is 379 g/mol. The number of nitrogens with one attached hydrogen (secondary N) is 1. The topological polar surface area (TPSA) is 56.3 Å². The second-order valence-corrected chi connectivity index (χ2v) is 7.14. The molecule has 0 spiro atoms. The molecule has 25 heavy (non-hydrogen) atoms. The molecule has 5 nitrogen and oxygen atoms in total. The number of benzene rings is 2. The van der Waals surface area contributed by atoms with Gasteiger partial charge in [0.1, 0.15) is 28.3 Å². The van der Waals surface area contributed by atoms with Crippen molar-refractivity contribution in [1.82, 2.24) is 9.97 Å². The maximum Gasteiger partial charge on any atom is 0.190 e. The summed E-state index contributed by atoms with van der Waals surface area (Å²) < 4.78 is 39.0. The fourth-order valence-corrected chi connectivity index (χ4v) is 4.28. The third-order valence-electron chi connectivity index (χ3n) is 3.52. The number of rotatable bonds is 4. The third-order valence-corrected chi connectivity index (χ3v) is 5.35. The smallest absolute Gasteiger partial charge is 0.190 e. The van der Waals surface area contributed by atoms with Gasteiger partial charge in [0, 0.05) is 12.1 Å². The van der Waals surface area contributed by atoms with Crippen LogP contribution in [-0.2, 0) is 0 Å². The number of ether oxygens (including phenoxy) is 2. The molecule has 0 unspecified atom stereocenters. The Morgan fingerprint density at radius 3 is 2.24 bits per heavy atom. The van der Waals surface area contributed by atoms with E-state index >= 15 is 0 Å². The maximum atomic E-state index is 13.8. The Balaban J connectivity index is 1.74. The number of nitrogens with zero attached hydrogens (tertiary/aromatic N) is 2. The van der Waals surface area contributed by atoms with E-state index in [0.29, 0.717) is 32.0 Å². The molecule has 9 heteroatoms. The predicted octanol–water partition coefficient (Wildman–Crippen LogP) is 4.95. The van der Waals surface area contributed by atoms with E-state index in [9.17, 15) is 8.78 Å². The number of thiazole rings is 2. The highest BCUT2D eigenvalue weighted by Gasteiger charge is 2.14. The standard InChI is InChI=1S/C16H11F2N3O2S2/c1-22-8-5-10(23-2)14-12(6-8)25-16(20-14)21-15-19-13-9(18)3-7(17)4-11(13)24-15/h3-6H,1-2H3,(H,19,20,21). The van der Waals surface area contributed by atoms with Crippen molar-refractivity contribution >= 4 is 53.4 Å². The summed E-state index contributed by atoms with van der Waals surface area (Å²) in [6.45, 7) is 0. The van der Waals surface area contributed by atoms with Gasteiger partial charge < -0.3 is 14.8 Å². The molecule has 0 fully saturated rings. The minimum Gasteiger partial charge on any atom is -0.497 e. The summed E-state index contributed by atoms with van der Waals surface area (Å²) in [5.41, 5.74) is 0.823. The Morgan fingerprint density at radius 1 is 0.880 bits per heavy atom. The average molecular weight is 379 g/mol. The molecule has 2 aromatic heterocycles. The first-order valence-corrected chi connectivity index (χ1v) is 8.76. The molecule has 4 aromatic rings. The van der Waals surface area contributed by atoms with Crippen molar-refractivity contribution in [2.45, 2.75) is 0 Å². The average Bonchev–Trinajstić information content (AvgIpc) is 3.17. The van der Waals surface area contributed by atoms with Gasteiger partial charge in [-0.1, -0.05) is 22.7 Å². The normalized spacial score (nSPS) is 11.2. The quantitative estimate of drug-likeness (QED) is 0.544. The molecule has 0 bridgehead atoms. The molecule has 0 aliphatic heterocycles. The summed E-state index contributed by atoms with van der Waals surface area (Å²) in [5, 5.41) is 4.05. The van der Waals surface area contributed by atoms with E-state index in [4.69, 9.17) is 9.47 Å². The van der Waals surface area contributed by atoms with Gasteiger partial charge >= 0.3 is 0 Å². The number of fused-ring (bicyclic) bond motifs is 2. The highest BCUT2D eigenvalue weighted by molar-refractivity contribution is 7.24. The number of halogens is 2. The number of hydrogen-bond donors (Lipinski definition) is 1. The highest BCUT2D eigenvalue weighted by Crippen LogP contribution is 2.38. The Morgan fingerprint density at radius 2 is 1.56 bits per heavy atom. The number of aromatic nitrogens is 2. The van der Waals surface area contributed by atoms with Gasteiger partial charge in [-0.25, -0.2) is 18.7 Å². The molecule has 4 rings (SSSR count). The molecule has 2 aromatic carbocycles. The zero-order chi connectivity index (χ0) is 17.6. The van der Waals surface area contributed by atoms with Crippen LogP contribution in [0.2, 0.25) is 0 Å². The van der Waals surface area contributed by atoms with Gasteiger partial charge in [-0.3, -0.25) is 0 Å². The van der Waals surface area contributed by atoms with Crippen LogP contribution >= 0.6 is 22.7 Å². The molecule has 0 saturated carbocycles. The van der Waals surface area contributed by atoms with Crippen LogP contribution in [0.3, 0.4) is 0 Å². The Labute approximate surface area is 148 Å². The van der Waals surface area contributed by atoms with Crippen molar-refractivity contribution in [3.63, 3.8) is 0 Å². The van der Waals surface area contributed by atoms with Crippen molar-refractivity contribution in [3.05, 3.63) is 35.9 Å². The van der Waals surface area contributed by atoms with Crippen LogP contribution in [0, 0.1) is 11.6 Å². The largest absolute Gasteiger partial charge is 0.497 e. The molecular weight excluding hydrogens is 368 g/mol. The van der Waals surface area contributed by atoms with Crippen molar-refractivity contribution in [1.29, 1.82) is 0 Å². The molecule has 1 N–H and O–H groups in total. The second-order valence-electron chi connectivity index (χ2n) is 5.07. The zero-order valence-corrected chi connectivity index (χ0v) is 14.7. The summed E-state index contributed by atoms with van der Waals surface area (Å²) in [4.78, 5) is 8.66. The Kier molecular flexibility index (Phi) is 3.89. The van der Waals surface area contributed by atoms with E-state index in [2.05, 4.69) is 15.3 Å². The summed E-state index contributed by atoms with van der Waals surface area (Å²) in [6, 6.07) is 5.68. The van der Waals surface area contributed by atoms with Crippen molar-refractivity contribution in [2.75, 3.05) is 19.5 Å². The van der Waals surface area contributed by atoms with Crippen molar-refractivity contribution < 1.29 is 18.3 Å². The fourth-order valence-electron chi connectivity index (χ4n) is 2.40. The zero-order valence-electron chi connectivity index (χ0n) is 13.1. The van der Waals surface area contributed by atoms with Gasteiger partial charge in [0.05, 0.1) is 23.6 Å². The van der Waals surface area contributed by atoms with E-state index in [1.807, 2.05) is 6.07 Å². The minimum atomic E-state index is -0.685. The first-order valence-electron chi connectivity index (χ1n) is 7.12. The van der Waals surface area contributed by atoms with Crippen LogP contribution in [0.4, 0.5) is 19.0 Å². The lowest BCUT2D eigenvalue weighted by Crippen LogP contribution is -1.89. The van der Waals surface area contributed by atoms with Gasteiger partial charge in [-0.2, -0.15) is 0 Å². The summed E-state index contributed by atoms with van der Waals surface area (Å²) >= 11 is 2.54. The molecule has 128 valence electrons. The van der Waals surface area contributed by atoms with E-state index < -0.39 is 11.6 Å². The summed E-state index contributed by atoms with van der Waals surface area (Å²) in [6.07, 6.45) is 0. The van der Waals surface area contributed by atoms with Gasteiger partial charge in [0.2, 0.25) is 0 Å². The predicted molar refractivity (Wildman–Crippen MR) is 95.5 cm³/mol. The summed E-state index contributed by atoms with van der Waals surface area (Å²) in [5.74, 6) is -0.0554. The lowest BCUT2D eigenvalue weighted by Gasteiger charge is -2.03. The number of anilines is 2. The van der Waals surface area contributed by atoms with Gasteiger partial charge in [0.25, 0.3) is 0 Å². The van der Waals surface area contributed by atoms with E-state index in [1.165, 1.54) is 17.4 Å². The fraction of sp³-hybridized carbons (Fsp3) is 0.125. The molecule has 0 saturated heterocycles. The lowest BCUT2D eigenvalue weighted by molar-refractivity contribution is 0.397. The number of hydrogen-bond acceptors (Lipinski definition) is 7. The Bertz CT molecular complexity index is 1090. The SMILES string of the molecule is COc1cc(OC)c2nc(Nc3nc4c(F)cc(F)cc4s3)sc2c1. The van der Waals surface area contributed by atoms with Crippen molar-refractivity contribution in [2.24, 2.45) is 0 Å². The minimum absolute atomic E-state index is 0.134. The lowest BCUT2D eigenvalue weighted by atomic mass is 10.3. The van der Waals surface area contributed by atoms with Crippen LogP contribution in [0.5, 0.6) is 11.5 Å². The van der Waals surface area contributed by atoms with Crippen LogP contribution in [0.1, 0.15) is 0 Å². The van der Waals surface area contributed by atoms with Crippen LogP contribution in [-0.4, -0.2) is 24.2 Å². The van der Waals surface area contributed by atoms with Crippen molar-refractivity contribution in [3.8, 4) is 11.5 Å². The molecule has 0 amide bonds. The van der Waals surface area contributed by atoms with E-state index in [0.717, 1.165) is 22.1 Å². The highest BCUT2D eigenvalue weighted by atomic mass is 32.1. The van der Waals surface area contributed by atoms with Gasteiger partial charge in [0.15, 0.2) is 16.1 Å². The number of methoxy groups -OCH3 is 2. The van der Waals surface area contributed by atoms with Crippen LogP contribution in [0.25, 0.3) is 20.4 Å². The van der Waals surface area contributed by atoms with E-state index in [-0.39, 0.29) is 5.52 Å². The summed E-state index contributed by atoms with van der Waals surface area (Å²) in [7, 11) is 3.14. The van der Waals surface area contributed by atoms with Gasteiger partial charge in [-0.15, -0.1) is 0 Å². The molecular formula is C16H11F2N3O2S2. The maximum absolute atomic E-state index is 13.8. The molecule has 0 aliphatic carbocycles. The molecule has 0 radical (unpaired) electrons. The Hall–Kier alpha value is -2.52. The molecule has 0 atom stereocenters. The third kappa shape index (κ3) is 2.85. The van der Waals surface area contributed by atoms with E-state index in [1.54, 1.807) is 20.3 Å².